The molecule has 0 aliphatic rings. The molecule has 1 aromatic heterocycles. The van der Waals surface area contributed by atoms with Crippen molar-refractivity contribution in [2.24, 2.45) is 5.92 Å². The summed E-state index contributed by atoms with van der Waals surface area (Å²) in [5.74, 6) is 1.90. The monoisotopic (exact) mass is 214 g/mol. The molecule has 0 atom stereocenters. The molecule has 0 amide bonds. The third-order valence-electron chi connectivity index (χ3n) is 1.66. The van der Waals surface area contributed by atoms with Gasteiger partial charge in [0.15, 0.2) is 0 Å². The highest BCUT2D eigenvalue weighted by atomic mass is 32.2. The first-order valence-corrected chi connectivity index (χ1v) is 5.64. The van der Waals surface area contributed by atoms with Crippen LogP contribution in [0.1, 0.15) is 30.0 Å². The summed E-state index contributed by atoms with van der Waals surface area (Å²) in [4.78, 5) is 10.7. The third kappa shape index (κ3) is 3.10. The minimum absolute atomic E-state index is 0.279. The van der Waals surface area contributed by atoms with Crippen LogP contribution in [0.2, 0.25) is 0 Å². The second kappa shape index (κ2) is 5.10. The minimum atomic E-state index is -0.918. The van der Waals surface area contributed by atoms with Crippen LogP contribution >= 0.6 is 11.8 Å². The molecule has 0 saturated carbocycles. The third-order valence-corrected chi connectivity index (χ3v) is 3.03. The Kier molecular flexibility index (Phi) is 4.07. The van der Waals surface area contributed by atoms with E-state index in [4.69, 9.17) is 9.52 Å². The van der Waals surface area contributed by atoms with Crippen molar-refractivity contribution in [1.82, 2.24) is 0 Å². The summed E-state index contributed by atoms with van der Waals surface area (Å²) in [5, 5.41) is 8.79. The van der Waals surface area contributed by atoms with E-state index in [1.807, 2.05) is 0 Å². The maximum absolute atomic E-state index is 10.7. The van der Waals surface area contributed by atoms with Crippen molar-refractivity contribution in [1.29, 1.82) is 0 Å². The van der Waals surface area contributed by atoms with Gasteiger partial charge in [0.1, 0.15) is 11.3 Å². The summed E-state index contributed by atoms with van der Waals surface area (Å²) < 4.78 is 5.11. The van der Waals surface area contributed by atoms with Gasteiger partial charge < -0.3 is 9.52 Å². The molecule has 0 spiro atoms. The predicted molar refractivity (Wildman–Crippen MR) is 56.7 cm³/mol. The number of hydrogen-bond acceptors (Lipinski definition) is 3. The molecule has 4 heteroatoms. The fourth-order valence-electron chi connectivity index (χ4n) is 1.03. The van der Waals surface area contributed by atoms with Crippen molar-refractivity contribution < 1.29 is 14.3 Å². The highest BCUT2D eigenvalue weighted by molar-refractivity contribution is 7.98. The molecule has 78 valence electrons. The lowest BCUT2D eigenvalue weighted by Crippen LogP contribution is -1.98. The van der Waals surface area contributed by atoms with Crippen LogP contribution in [0.25, 0.3) is 0 Å². The molecule has 0 aromatic carbocycles. The molecule has 0 bridgehead atoms. The lowest BCUT2D eigenvalue weighted by atomic mass is 10.3. The number of carboxylic acid groups (broad SMARTS) is 1. The standard InChI is InChI=1S/C10H14O3S/c1-7(2)5-14-6-9-8(10(11)12)3-4-13-9/h3-4,7H,5-6H2,1-2H3,(H,11,12). The Hall–Kier alpha value is -0.900. The van der Waals surface area contributed by atoms with Crippen molar-refractivity contribution in [2.75, 3.05) is 5.75 Å². The van der Waals surface area contributed by atoms with E-state index in [9.17, 15) is 4.79 Å². The van der Waals surface area contributed by atoms with E-state index in [0.29, 0.717) is 17.4 Å². The SMILES string of the molecule is CC(C)CSCc1occc1C(=O)O. The summed E-state index contributed by atoms with van der Waals surface area (Å²) in [6.45, 7) is 4.26. The van der Waals surface area contributed by atoms with Gasteiger partial charge in [0.25, 0.3) is 0 Å². The van der Waals surface area contributed by atoms with Gasteiger partial charge in [-0.05, 0) is 17.7 Å². The Balaban J connectivity index is 2.50. The van der Waals surface area contributed by atoms with E-state index in [2.05, 4.69) is 13.8 Å². The number of carboxylic acids is 1. The Labute approximate surface area is 87.5 Å². The first kappa shape index (κ1) is 11.2. The van der Waals surface area contributed by atoms with E-state index >= 15 is 0 Å². The van der Waals surface area contributed by atoms with Gasteiger partial charge in [-0.25, -0.2) is 4.79 Å². The van der Waals surface area contributed by atoms with Gasteiger partial charge in [-0.15, -0.1) is 0 Å². The molecular formula is C10H14O3S. The fourth-order valence-corrected chi connectivity index (χ4v) is 2.03. The summed E-state index contributed by atoms with van der Waals surface area (Å²) in [6, 6.07) is 1.49. The number of hydrogen-bond donors (Lipinski definition) is 1. The molecule has 0 aliphatic carbocycles. The van der Waals surface area contributed by atoms with Crippen LogP contribution in [-0.2, 0) is 5.75 Å². The largest absolute Gasteiger partial charge is 0.478 e. The lowest BCUT2D eigenvalue weighted by Gasteiger charge is -2.02. The van der Waals surface area contributed by atoms with Crippen LogP contribution in [0.4, 0.5) is 0 Å². The summed E-state index contributed by atoms with van der Waals surface area (Å²) in [5.41, 5.74) is 0.279. The number of furan rings is 1. The second-order valence-corrected chi connectivity index (χ2v) is 4.50. The van der Waals surface area contributed by atoms with E-state index < -0.39 is 5.97 Å². The Morgan fingerprint density at radius 1 is 1.64 bits per heavy atom. The van der Waals surface area contributed by atoms with Crippen LogP contribution in [0.3, 0.4) is 0 Å². The Morgan fingerprint density at radius 2 is 2.36 bits per heavy atom. The molecule has 0 fully saturated rings. The highest BCUT2D eigenvalue weighted by Gasteiger charge is 2.12. The molecule has 0 aliphatic heterocycles. The Morgan fingerprint density at radius 3 is 2.93 bits per heavy atom. The Bertz CT molecular complexity index is 304. The first-order valence-electron chi connectivity index (χ1n) is 4.48. The zero-order chi connectivity index (χ0) is 10.6. The predicted octanol–water partition coefficient (Wildman–Crippen LogP) is 2.87. The van der Waals surface area contributed by atoms with Crippen LogP contribution in [0.15, 0.2) is 16.7 Å². The molecule has 14 heavy (non-hydrogen) atoms. The van der Waals surface area contributed by atoms with Gasteiger partial charge in [-0.3, -0.25) is 0 Å². The molecule has 0 unspecified atom stereocenters. The van der Waals surface area contributed by atoms with Crippen LogP contribution in [0.5, 0.6) is 0 Å². The van der Waals surface area contributed by atoms with Gasteiger partial charge in [-0.1, -0.05) is 13.8 Å². The average Bonchev–Trinajstić information content (AvgIpc) is 2.51. The van der Waals surface area contributed by atoms with Gasteiger partial charge in [0.05, 0.1) is 12.0 Å². The zero-order valence-electron chi connectivity index (χ0n) is 8.32. The van der Waals surface area contributed by atoms with Crippen LogP contribution in [0, 0.1) is 5.92 Å². The van der Waals surface area contributed by atoms with Gasteiger partial charge in [0.2, 0.25) is 0 Å². The van der Waals surface area contributed by atoms with Crippen molar-refractivity contribution in [3.05, 3.63) is 23.7 Å². The fraction of sp³-hybridized carbons (Fsp3) is 0.500. The van der Waals surface area contributed by atoms with E-state index in [1.54, 1.807) is 11.8 Å². The quantitative estimate of drug-likeness (QED) is 0.818. The van der Waals surface area contributed by atoms with Crippen molar-refractivity contribution in [3.63, 3.8) is 0 Å². The number of thioether (sulfide) groups is 1. The van der Waals surface area contributed by atoms with Crippen LogP contribution < -0.4 is 0 Å². The molecule has 3 nitrogen and oxygen atoms in total. The van der Waals surface area contributed by atoms with E-state index in [-0.39, 0.29) is 5.56 Å². The molecule has 0 radical (unpaired) electrons. The minimum Gasteiger partial charge on any atom is -0.478 e. The molecule has 1 rings (SSSR count). The van der Waals surface area contributed by atoms with E-state index in [1.165, 1.54) is 12.3 Å². The maximum atomic E-state index is 10.7. The van der Waals surface area contributed by atoms with Gasteiger partial charge in [-0.2, -0.15) is 11.8 Å². The molecular weight excluding hydrogens is 200 g/mol. The molecule has 1 N–H and O–H groups in total. The maximum Gasteiger partial charge on any atom is 0.339 e. The topological polar surface area (TPSA) is 50.4 Å². The summed E-state index contributed by atoms with van der Waals surface area (Å²) in [7, 11) is 0. The van der Waals surface area contributed by atoms with Crippen molar-refractivity contribution in [3.8, 4) is 0 Å². The lowest BCUT2D eigenvalue weighted by molar-refractivity contribution is 0.0695. The van der Waals surface area contributed by atoms with Crippen molar-refractivity contribution >= 4 is 17.7 Å². The summed E-state index contributed by atoms with van der Waals surface area (Å²) >= 11 is 1.69. The van der Waals surface area contributed by atoms with Gasteiger partial charge in [0, 0.05) is 0 Å². The zero-order valence-corrected chi connectivity index (χ0v) is 9.13. The summed E-state index contributed by atoms with van der Waals surface area (Å²) in [6.07, 6.45) is 1.43. The van der Waals surface area contributed by atoms with Crippen molar-refractivity contribution in [2.45, 2.75) is 19.6 Å². The number of carbonyl (C=O) groups is 1. The van der Waals surface area contributed by atoms with E-state index in [0.717, 1.165) is 5.75 Å². The molecule has 1 heterocycles. The average molecular weight is 214 g/mol. The molecule has 0 saturated heterocycles. The number of rotatable bonds is 5. The number of aromatic carboxylic acids is 1. The normalized spacial score (nSPS) is 10.8. The first-order chi connectivity index (χ1) is 6.61. The molecule has 1 aromatic rings. The second-order valence-electron chi connectivity index (χ2n) is 3.47. The van der Waals surface area contributed by atoms with Crippen LogP contribution in [-0.4, -0.2) is 16.8 Å². The highest BCUT2D eigenvalue weighted by Crippen LogP contribution is 2.19. The smallest absolute Gasteiger partial charge is 0.339 e. The van der Waals surface area contributed by atoms with Gasteiger partial charge >= 0.3 is 5.97 Å².